The minimum atomic E-state index is 0.0893. The van der Waals surface area contributed by atoms with Gasteiger partial charge in [-0.3, -0.25) is 9.69 Å². The van der Waals surface area contributed by atoms with E-state index in [1.54, 1.807) is 0 Å². The van der Waals surface area contributed by atoms with E-state index < -0.39 is 0 Å². The first-order valence-electron chi connectivity index (χ1n) is 6.56. The molecule has 3 nitrogen and oxygen atoms in total. The monoisotopic (exact) mass is 279 g/mol. The maximum atomic E-state index is 12.3. The Balaban J connectivity index is 2.16. The van der Waals surface area contributed by atoms with Crippen LogP contribution in [0.5, 0.6) is 0 Å². The lowest BCUT2D eigenvalue weighted by atomic mass is 10.1. The number of carbonyl (C=O) groups is 1. The van der Waals surface area contributed by atoms with Crippen LogP contribution >= 0.6 is 11.6 Å². The van der Waals surface area contributed by atoms with Crippen molar-refractivity contribution in [2.75, 3.05) is 12.4 Å². The van der Waals surface area contributed by atoms with Gasteiger partial charge in [0.2, 0.25) is 0 Å². The molecule has 19 heavy (non-hydrogen) atoms. The van der Waals surface area contributed by atoms with E-state index in [1.165, 1.54) is 0 Å². The van der Waals surface area contributed by atoms with Crippen molar-refractivity contribution in [1.29, 1.82) is 0 Å². The van der Waals surface area contributed by atoms with Crippen LogP contribution in [0.2, 0.25) is 0 Å². The van der Waals surface area contributed by atoms with Crippen LogP contribution in [0.15, 0.2) is 41.5 Å². The third-order valence-corrected chi connectivity index (χ3v) is 3.87. The van der Waals surface area contributed by atoms with Crippen molar-refractivity contribution in [3.63, 3.8) is 0 Å². The van der Waals surface area contributed by atoms with Crippen LogP contribution < -0.4 is 5.32 Å². The highest BCUT2D eigenvalue weighted by molar-refractivity contribution is 6.17. The van der Waals surface area contributed by atoms with Crippen LogP contribution in [0, 0.1) is 0 Å². The van der Waals surface area contributed by atoms with Crippen molar-refractivity contribution < 1.29 is 10.1 Å². The summed E-state index contributed by atoms with van der Waals surface area (Å²) in [6.45, 7) is 5.41. The Morgan fingerprint density at radius 2 is 1.95 bits per heavy atom. The van der Waals surface area contributed by atoms with Crippen molar-refractivity contribution in [2.45, 2.75) is 26.6 Å². The molecule has 1 aliphatic rings. The number of amides is 1. The molecule has 0 saturated carbocycles. The lowest BCUT2D eigenvalue weighted by molar-refractivity contribution is -0.693. The quantitative estimate of drug-likeness (QED) is 0.815. The van der Waals surface area contributed by atoms with Gasteiger partial charge in [-0.25, -0.2) is 0 Å². The minimum Gasteiger partial charge on any atom is -0.322 e. The normalized spacial score (nSPS) is 19.4. The molecule has 0 spiro atoms. The highest BCUT2D eigenvalue weighted by Gasteiger charge is 2.36. The molecule has 1 aliphatic heterocycles. The molecule has 0 radical (unpaired) electrons. The number of hydrogen-bond donors (Lipinski definition) is 1. The van der Waals surface area contributed by atoms with Crippen LogP contribution in [-0.2, 0) is 11.3 Å². The fraction of sp³-hybridized carbons (Fsp3) is 0.400. The van der Waals surface area contributed by atoms with Crippen LogP contribution in [0.1, 0.15) is 19.4 Å². The lowest BCUT2D eigenvalue weighted by Crippen LogP contribution is -2.93. The van der Waals surface area contributed by atoms with Crippen molar-refractivity contribution >= 4 is 17.5 Å². The molecule has 0 aliphatic carbocycles. The van der Waals surface area contributed by atoms with Crippen LogP contribution in [-0.4, -0.2) is 29.4 Å². The maximum Gasteiger partial charge on any atom is 0.254 e. The molecule has 0 fully saturated rings. The van der Waals surface area contributed by atoms with Crippen LogP contribution in [0.4, 0.5) is 0 Å². The molecule has 0 bridgehead atoms. The fourth-order valence-corrected chi connectivity index (χ4v) is 2.57. The zero-order valence-electron chi connectivity index (χ0n) is 11.4. The van der Waals surface area contributed by atoms with Gasteiger partial charge in [-0.2, -0.15) is 0 Å². The van der Waals surface area contributed by atoms with E-state index in [1.807, 2.05) is 36.9 Å². The second-order valence-corrected chi connectivity index (χ2v) is 5.26. The van der Waals surface area contributed by atoms with Crippen molar-refractivity contribution in [2.24, 2.45) is 0 Å². The molecule has 1 aromatic carbocycles. The zero-order chi connectivity index (χ0) is 13.8. The largest absolute Gasteiger partial charge is 0.322 e. The number of halogens is 1. The number of rotatable bonds is 5. The predicted octanol–water partition coefficient (Wildman–Crippen LogP) is 1.49. The zero-order valence-corrected chi connectivity index (χ0v) is 12.2. The molecule has 0 saturated heterocycles. The Kier molecular flexibility index (Phi) is 4.61. The van der Waals surface area contributed by atoms with Crippen LogP contribution in [0.3, 0.4) is 0 Å². The van der Waals surface area contributed by atoms with Crippen molar-refractivity contribution in [3.05, 3.63) is 47.0 Å². The van der Waals surface area contributed by atoms with E-state index in [4.69, 9.17) is 11.6 Å². The summed E-state index contributed by atoms with van der Waals surface area (Å²) < 4.78 is 0. The first-order valence-corrected chi connectivity index (χ1v) is 7.10. The van der Waals surface area contributed by atoms with E-state index in [0.29, 0.717) is 12.4 Å². The molecular formula is C15H20ClN2O+. The molecule has 1 atom stereocenters. The van der Waals surface area contributed by atoms with E-state index in [-0.39, 0.29) is 12.1 Å². The van der Waals surface area contributed by atoms with Gasteiger partial charge >= 0.3 is 0 Å². The molecule has 2 N–H and O–H groups in total. The summed E-state index contributed by atoms with van der Waals surface area (Å²) in [5.74, 6) is 0.730. The van der Waals surface area contributed by atoms with Gasteiger partial charge in [0.15, 0.2) is 6.17 Å². The van der Waals surface area contributed by atoms with Crippen LogP contribution in [0.25, 0.3) is 0 Å². The fourth-order valence-electron chi connectivity index (χ4n) is 2.44. The molecule has 4 heteroatoms. The lowest BCUT2D eigenvalue weighted by Gasteiger charge is -2.24. The van der Waals surface area contributed by atoms with Gasteiger partial charge in [0.1, 0.15) is 0 Å². The molecule has 102 valence electrons. The summed E-state index contributed by atoms with van der Waals surface area (Å²) in [5, 5.41) is 2.14. The van der Waals surface area contributed by atoms with Gasteiger partial charge in [0.05, 0.1) is 19.0 Å². The first kappa shape index (κ1) is 14.1. The highest BCUT2D eigenvalue weighted by Crippen LogP contribution is 2.23. The number of hydrogen-bond acceptors (Lipinski definition) is 1. The summed E-state index contributed by atoms with van der Waals surface area (Å²) in [6.07, 6.45) is 0.0893. The first-order chi connectivity index (χ1) is 9.15. The van der Waals surface area contributed by atoms with E-state index in [0.717, 1.165) is 23.3 Å². The Labute approximate surface area is 119 Å². The van der Waals surface area contributed by atoms with Gasteiger partial charge in [-0.1, -0.05) is 30.3 Å². The smallest absolute Gasteiger partial charge is 0.254 e. The van der Waals surface area contributed by atoms with Gasteiger partial charge in [-0.15, -0.1) is 11.6 Å². The van der Waals surface area contributed by atoms with E-state index in [9.17, 15) is 4.79 Å². The van der Waals surface area contributed by atoms with Gasteiger partial charge in [-0.05, 0) is 19.4 Å². The summed E-state index contributed by atoms with van der Waals surface area (Å²) in [7, 11) is 0. The SMILES string of the molecule is CC1=C(C)[C@@H]([NH2+]CCCl)N(Cc2ccccc2)C1=O. The number of benzene rings is 1. The van der Waals surface area contributed by atoms with Gasteiger partial charge in [0, 0.05) is 11.1 Å². The summed E-state index contributed by atoms with van der Waals surface area (Å²) in [5.41, 5.74) is 3.17. The van der Waals surface area contributed by atoms with Crippen molar-refractivity contribution in [3.8, 4) is 0 Å². The predicted molar refractivity (Wildman–Crippen MR) is 76.7 cm³/mol. The Bertz CT molecular complexity index is 484. The molecule has 1 amide bonds. The molecule has 1 aromatic rings. The third-order valence-electron chi connectivity index (χ3n) is 3.65. The van der Waals surface area contributed by atoms with Crippen molar-refractivity contribution in [1.82, 2.24) is 4.90 Å². The topological polar surface area (TPSA) is 36.9 Å². The average Bonchev–Trinajstić information content (AvgIpc) is 2.63. The summed E-state index contributed by atoms with van der Waals surface area (Å²) >= 11 is 5.76. The number of nitrogens with two attached hydrogens (primary N) is 1. The molecule has 2 rings (SSSR count). The van der Waals surface area contributed by atoms with Gasteiger partial charge < -0.3 is 5.32 Å². The Morgan fingerprint density at radius 1 is 1.26 bits per heavy atom. The van der Waals surface area contributed by atoms with Gasteiger partial charge in [0.25, 0.3) is 5.91 Å². The van der Waals surface area contributed by atoms with E-state index >= 15 is 0 Å². The standard InChI is InChI=1S/C15H19ClN2O/c1-11-12(2)15(19)18(14(11)17-9-8-16)10-13-6-4-3-5-7-13/h3-7,14,17H,8-10H2,1-2H3/p+1/t14-/m0/s1. The molecule has 0 aromatic heterocycles. The number of quaternary nitrogens is 1. The highest BCUT2D eigenvalue weighted by atomic mass is 35.5. The molecule has 0 unspecified atom stereocenters. The second-order valence-electron chi connectivity index (χ2n) is 4.88. The molecule has 1 heterocycles. The summed E-state index contributed by atoms with van der Waals surface area (Å²) in [6, 6.07) is 10.1. The maximum absolute atomic E-state index is 12.3. The second kappa shape index (κ2) is 6.22. The minimum absolute atomic E-state index is 0.0893. The Morgan fingerprint density at radius 3 is 2.58 bits per heavy atom. The average molecular weight is 280 g/mol. The van der Waals surface area contributed by atoms with E-state index in [2.05, 4.69) is 17.4 Å². The third kappa shape index (κ3) is 2.99. The number of carbonyl (C=O) groups excluding carboxylic acids is 1. The molecular weight excluding hydrogens is 260 g/mol. The summed E-state index contributed by atoms with van der Waals surface area (Å²) in [4.78, 5) is 14.2. The number of nitrogens with zero attached hydrogens (tertiary/aromatic N) is 1. The Hall–Kier alpha value is -1.32. The number of alkyl halides is 1.